The Hall–Kier alpha value is -3.50. The monoisotopic (exact) mass is 523 g/mol. The summed E-state index contributed by atoms with van der Waals surface area (Å²) in [6.45, 7) is 9.89. The van der Waals surface area contributed by atoms with Crippen LogP contribution < -0.4 is 10.6 Å². The van der Waals surface area contributed by atoms with Crippen molar-refractivity contribution < 1.29 is 17.9 Å². The summed E-state index contributed by atoms with van der Waals surface area (Å²) in [5, 5.41) is 6.38. The summed E-state index contributed by atoms with van der Waals surface area (Å²) in [5.74, 6) is 0.972. The van der Waals surface area contributed by atoms with Crippen LogP contribution in [0.15, 0.2) is 59.6 Å². The number of anilines is 4. The Bertz CT molecular complexity index is 1360. The summed E-state index contributed by atoms with van der Waals surface area (Å²) in [5.41, 5.74) is 2.43. The molecule has 0 saturated carbocycles. The minimum Gasteiger partial charge on any atom is -0.378 e. The number of nitrogens with one attached hydrogen (secondary N) is 2. The van der Waals surface area contributed by atoms with Gasteiger partial charge in [-0.2, -0.15) is 4.98 Å². The van der Waals surface area contributed by atoms with Crippen molar-refractivity contribution in [2.75, 3.05) is 42.7 Å². The predicted molar refractivity (Wildman–Crippen MR) is 144 cm³/mol. The van der Waals surface area contributed by atoms with E-state index in [0.717, 1.165) is 11.3 Å². The van der Waals surface area contributed by atoms with Gasteiger partial charge in [-0.25, -0.2) is 13.4 Å². The van der Waals surface area contributed by atoms with Crippen molar-refractivity contribution in [3.63, 3.8) is 0 Å². The van der Waals surface area contributed by atoms with Crippen LogP contribution in [-0.2, 0) is 14.6 Å². The third kappa shape index (κ3) is 7.05. The summed E-state index contributed by atoms with van der Waals surface area (Å²) in [7, 11) is -3.43. The van der Waals surface area contributed by atoms with Crippen molar-refractivity contribution in [3.8, 4) is 0 Å². The van der Waals surface area contributed by atoms with Crippen LogP contribution in [-0.4, -0.2) is 61.2 Å². The molecule has 0 aliphatic carbocycles. The summed E-state index contributed by atoms with van der Waals surface area (Å²) < 4.78 is 31.0. The van der Waals surface area contributed by atoms with E-state index < -0.39 is 9.84 Å². The molecule has 37 heavy (non-hydrogen) atoms. The van der Waals surface area contributed by atoms with Gasteiger partial charge in [-0.15, -0.1) is 0 Å². The molecule has 0 atom stereocenters. The normalized spacial score (nSPS) is 14.3. The fraction of sp³-hybridized carbons (Fsp3) is 0.370. The molecule has 1 aromatic heterocycles. The number of rotatable bonds is 7. The molecule has 196 valence electrons. The lowest BCUT2D eigenvalue weighted by Crippen LogP contribution is -2.40. The third-order valence-electron chi connectivity index (χ3n) is 5.74. The standard InChI is InChI=1S/C27H33N5O4S/c1-19-17-28-26(30-21-10-8-20(9-11-21)25(33)32-12-14-36-15-13-32)31-24(19)29-22-6-5-7-23(16-22)37(34,35)18-27(2,3)4/h5-11,16-17H,12-15,18H2,1-4H3,(H2,28,29,30,31). The molecule has 2 aromatic carbocycles. The van der Waals surface area contributed by atoms with Crippen LogP contribution in [0.4, 0.5) is 23.1 Å². The number of amides is 1. The van der Waals surface area contributed by atoms with Crippen LogP contribution in [0.1, 0.15) is 36.7 Å². The van der Waals surface area contributed by atoms with Gasteiger partial charge < -0.3 is 20.3 Å². The average molecular weight is 524 g/mol. The quantitative estimate of drug-likeness (QED) is 0.463. The molecule has 4 rings (SSSR count). The van der Waals surface area contributed by atoms with Gasteiger partial charge in [0.1, 0.15) is 5.82 Å². The number of sulfone groups is 1. The molecule has 1 fully saturated rings. The van der Waals surface area contributed by atoms with Crippen LogP contribution in [0.2, 0.25) is 0 Å². The fourth-order valence-electron chi connectivity index (χ4n) is 3.96. The summed E-state index contributed by atoms with van der Waals surface area (Å²) in [4.78, 5) is 23.6. The number of morpholine rings is 1. The molecule has 0 spiro atoms. The van der Waals surface area contributed by atoms with Gasteiger partial charge in [-0.1, -0.05) is 26.8 Å². The van der Waals surface area contributed by atoms with Gasteiger partial charge in [0.15, 0.2) is 9.84 Å². The van der Waals surface area contributed by atoms with Crippen LogP contribution >= 0.6 is 0 Å². The van der Waals surface area contributed by atoms with E-state index in [9.17, 15) is 13.2 Å². The highest BCUT2D eigenvalue weighted by molar-refractivity contribution is 7.91. The highest BCUT2D eigenvalue weighted by Gasteiger charge is 2.24. The van der Waals surface area contributed by atoms with Gasteiger partial charge in [-0.3, -0.25) is 4.79 Å². The molecule has 0 radical (unpaired) electrons. The second kappa shape index (κ2) is 10.9. The number of aromatic nitrogens is 2. The van der Waals surface area contributed by atoms with Gasteiger partial charge >= 0.3 is 0 Å². The van der Waals surface area contributed by atoms with E-state index in [4.69, 9.17) is 4.74 Å². The van der Waals surface area contributed by atoms with Crippen LogP contribution in [0, 0.1) is 12.3 Å². The van der Waals surface area contributed by atoms with Crippen LogP contribution in [0.5, 0.6) is 0 Å². The second-order valence-corrected chi connectivity index (χ2v) is 12.3. The average Bonchev–Trinajstić information content (AvgIpc) is 2.85. The Labute approximate surface area is 218 Å². The predicted octanol–water partition coefficient (Wildman–Crippen LogP) is 4.56. The van der Waals surface area contributed by atoms with Gasteiger partial charge in [0.05, 0.1) is 23.9 Å². The van der Waals surface area contributed by atoms with Crippen molar-refractivity contribution in [1.29, 1.82) is 0 Å². The van der Waals surface area contributed by atoms with Crippen LogP contribution in [0.25, 0.3) is 0 Å². The Morgan fingerprint density at radius 3 is 2.41 bits per heavy atom. The number of nitrogens with zero attached hydrogens (tertiary/aromatic N) is 3. The first-order valence-electron chi connectivity index (χ1n) is 12.2. The van der Waals surface area contributed by atoms with E-state index in [0.29, 0.717) is 49.3 Å². The largest absolute Gasteiger partial charge is 0.378 e. The number of hydrogen-bond donors (Lipinski definition) is 2. The molecule has 1 aliphatic rings. The molecule has 10 heteroatoms. The third-order valence-corrected chi connectivity index (χ3v) is 7.96. The molecule has 1 aliphatic heterocycles. The number of ether oxygens (including phenoxy) is 1. The molecule has 0 bridgehead atoms. The zero-order valence-corrected chi connectivity index (χ0v) is 22.4. The first kappa shape index (κ1) is 26.6. The number of hydrogen-bond acceptors (Lipinski definition) is 8. The summed E-state index contributed by atoms with van der Waals surface area (Å²) >= 11 is 0. The highest BCUT2D eigenvalue weighted by Crippen LogP contribution is 2.26. The number of carbonyl (C=O) groups excluding carboxylic acids is 1. The maximum absolute atomic E-state index is 12.8. The smallest absolute Gasteiger partial charge is 0.254 e. The first-order valence-corrected chi connectivity index (χ1v) is 13.8. The lowest BCUT2D eigenvalue weighted by molar-refractivity contribution is 0.0303. The molecule has 9 nitrogen and oxygen atoms in total. The first-order chi connectivity index (χ1) is 17.5. The molecular weight excluding hydrogens is 490 g/mol. The van der Waals surface area contributed by atoms with E-state index in [2.05, 4.69) is 20.6 Å². The minimum atomic E-state index is -3.43. The van der Waals surface area contributed by atoms with Crippen molar-refractivity contribution in [3.05, 3.63) is 65.9 Å². The Kier molecular flexibility index (Phi) is 7.79. The topological polar surface area (TPSA) is 114 Å². The molecule has 3 aromatic rings. The van der Waals surface area contributed by atoms with Crippen molar-refractivity contribution >= 4 is 38.9 Å². The van der Waals surface area contributed by atoms with E-state index in [-0.39, 0.29) is 22.0 Å². The molecule has 2 N–H and O–H groups in total. The molecule has 2 heterocycles. The lowest BCUT2D eigenvalue weighted by Gasteiger charge is -2.26. The number of carbonyl (C=O) groups is 1. The Balaban J connectivity index is 1.47. The molecular formula is C27H33N5O4S. The maximum atomic E-state index is 12.8. The number of benzene rings is 2. The molecule has 1 amide bonds. The zero-order chi connectivity index (χ0) is 26.6. The second-order valence-electron chi connectivity index (χ2n) is 10.3. The van der Waals surface area contributed by atoms with Gasteiger partial charge in [-0.05, 0) is 54.8 Å². The summed E-state index contributed by atoms with van der Waals surface area (Å²) in [6.07, 6.45) is 1.69. The van der Waals surface area contributed by atoms with E-state index >= 15 is 0 Å². The van der Waals surface area contributed by atoms with Gasteiger partial charge in [0.2, 0.25) is 5.95 Å². The fourth-order valence-corrected chi connectivity index (χ4v) is 5.86. The Morgan fingerprint density at radius 1 is 1.03 bits per heavy atom. The highest BCUT2D eigenvalue weighted by atomic mass is 32.2. The zero-order valence-electron chi connectivity index (χ0n) is 21.6. The van der Waals surface area contributed by atoms with E-state index in [1.807, 2.05) is 39.8 Å². The number of aryl methyl sites for hydroxylation is 1. The van der Waals surface area contributed by atoms with Crippen molar-refractivity contribution in [2.45, 2.75) is 32.6 Å². The summed E-state index contributed by atoms with van der Waals surface area (Å²) in [6, 6.07) is 13.9. The van der Waals surface area contributed by atoms with Gasteiger partial charge in [0.25, 0.3) is 5.91 Å². The molecule has 1 saturated heterocycles. The maximum Gasteiger partial charge on any atom is 0.254 e. The van der Waals surface area contributed by atoms with Gasteiger partial charge in [0, 0.05) is 41.8 Å². The van der Waals surface area contributed by atoms with E-state index in [1.54, 1.807) is 47.5 Å². The Morgan fingerprint density at radius 2 is 1.73 bits per heavy atom. The van der Waals surface area contributed by atoms with Crippen molar-refractivity contribution in [1.82, 2.24) is 14.9 Å². The van der Waals surface area contributed by atoms with Crippen LogP contribution in [0.3, 0.4) is 0 Å². The van der Waals surface area contributed by atoms with E-state index in [1.165, 1.54) is 0 Å². The molecule has 0 unspecified atom stereocenters. The SMILES string of the molecule is Cc1cnc(Nc2ccc(C(=O)N3CCOCC3)cc2)nc1Nc1cccc(S(=O)(=O)CC(C)(C)C)c1. The minimum absolute atomic E-state index is 0.0142. The van der Waals surface area contributed by atoms with Crippen molar-refractivity contribution in [2.24, 2.45) is 5.41 Å². The lowest BCUT2D eigenvalue weighted by atomic mass is 10.0.